The summed E-state index contributed by atoms with van der Waals surface area (Å²) in [6.07, 6.45) is 1.42. The zero-order valence-corrected chi connectivity index (χ0v) is 11.9. The molecule has 0 fully saturated rings. The lowest BCUT2D eigenvalue weighted by atomic mass is 10.1. The molecule has 0 aliphatic carbocycles. The monoisotopic (exact) mass is 317 g/mol. The predicted octanol–water partition coefficient (Wildman–Crippen LogP) is 4.45. The van der Waals surface area contributed by atoms with E-state index in [0.29, 0.717) is 15.4 Å². The largest absolute Gasteiger partial charge is 0.478 e. The summed E-state index contributed by atoms with van der Waals surface area (Å²) in [6, 6.07) is 9.65. The van der Waals surface area contributed by atoms with Crippen LogP contribution in [0.4, 0.5) is 8.78 Å². The van der Waals surface area contributed by atoms with Crippen molar-refractivity contribution >= 4 is 17.3 Å². The molecule has 0 aliphatic rings. The van der Waals surface area contributed by atoms with Crippen LogP contribution in [0.25, 0.3) is 21.0 Å². The molecule has 0 saturated carbocycles. The summed E-state index contributed by atoms with van der Waals surface area (Å²) in [5.74, 6) is -2.18. The van der Waals surface area contributed by atoms with Crippen LogP contribution in [-0.4, -0.2) is 16.1 Å². The molecule has 3 aromatic rings. The second-order valence-electron chi connectivity index (χ2n) is 4.50. The van der Waals surface area contributed by atoms with Crippen molar-refractivity contribution in [3.63, 3.8) is 0 Å². The lowest BCUT2D eigenvalue weighted by Crippen LogP contribution is -2.00. The number of aromatic nitrogens is 1. The van der Waals surface area contributed by atoms with E-state index in [0.717, 1.165) is 11.3 Å². The number of benzene rings is 2. The van der Waals surface area contributed by atoms with E-state index in [4.69, 9.17) is 0 Å². The van der Waals surface area contributed by atoms with Crippen LogP contribution in [0.5, 0.6) is 0 Å². The standard InChI is InChI=1S/C16H9F2NO2S/c17-10-6-4-9(5-7-10)15-19-8-13(22-15)14-11(16(20)21)2-1-3-12(14)18/h1-8H,(H,20,21). The molecule has 0 bridgehead atoms. The van der Waals surface area contributed by atoms with Gasteiger partial charge in [0.25, 0.3) is 0 Å². The molecule has 1 aromatic heterocycles. The summed E-state index contributed by atoms with van der Waals surface area (Å²) in [5.41, 5.74) is 0.584. The summed E-state index contributed by atoms with van der Waals surface area (Å²) < 4.78 is 27.0. The Labute approximate surface area is 128 Å². The van der Waals surface area contributed by atoms with E-state index >= 15 is 0 Å². The van der Waals surface area contributed by atoms with E-state index in [-0.39, 0.29) is 16.9 Å². The van der Waals surface area contributed by atoms with Crippen molar-refractivity contribution in [3.05, 3.63) is 65.9 Å². The highest BCUT2D eigenvalue weighted by molar-refractivity contribution is 7.18. The van der Waals surface area contributed by atoms with Gasteiger partial charge in [0.1, 0.15) is 16.6 Å². The zero-order valence-electron chi connectivity index (χ0n) is 11.1. The second kappa shape index (κ2) is 5.65. The molecule has 22 heavy (non-hydrogen) atoms. The van der Waals surface area contributed by atoms with Crippen LogP contribution >= 0.6 is 11.3 Å². The van der Waals surface area contributed by atoms with Crippen molar-refractivity contribution in [2.24, 2.45) is 0 Å². The van der Waals surface area contributed by atoms with Gasteiger partial charge in [-0.2, -0.15) is 0 Å². The minimum atomic E-state index is -1.20. The third-order valence-corrected chi connectivity index (χ3v) is 4.15. The number of halogens is 2. The van der Waals surface area contributed by atoms with E-state index in [1.807, 2.05) is 0 Å². The number of carbonyl (C=O) groups is 1. The van der Waals surface area contributed by atoms with Crippen molar-refractivity contribution in [2.45, 2.75) is 0 Å². The van der Waals surface area contributed by atoms with Gasteiger partial charge in [-0.15, -0.1) is 11.3 Å². The van der Waals surface area contributed by atoms with Gasteiger partial charge in [-0.05, 0) is 36.4 Å². The molecule has 0 amide bonds. The molecule has 3 rings (SSSR count). The van der Waals surface area contributed by atoms with Crippen LogP contribution < -0.4 is 0 Å². The number of carboxylic acid groups (broad SMARTS) is 1. The molecule has 0 saturated heterocycles. The highest BCUT2D eigenvalue weighted by Gasteiger charge is 2.18. The Kier molecular flexibility index (Phi) is 3.68. The number of aromatic carboxylic acids is 1. The van der Waals surface area contributed by atoms with Gasteiger partial charge in [-0.1, -0.05) is 6.07 Å². The summed E-state index contributed by atoms with van der Waals surface area (Å²) in [5, 5.41) is 9.75. The molecule has 0 atom stereocenters. The van der Waals surface area contributed by atoms with Crippen LogP contribution in [0.3, 0.4) is 0 Å². The SMILES string of the molecule is O=C(O)c1cccc(F)c1-c1cnc(-c2ccc(F)cc2)s1. The van der Waals surface area contributed by atoms with Crippen LogP contribution in [-0.2, 0) is 0 Å². The fourth-order valence-electron chi connectivity index (χ4n) is 2.07. The highest BCUT2D eigenvalue weighted by atomic mass is 32.1. The Bertz CT molecular complexity index is 844. The number of hydrogen-bond acceptors (Lipinski definition) is 3. The molecular weight excluding hydrogens is 308 g/mol. The summed E-state index contributed by atoms with van der Waals surface area (Å²) in [6.45, 7) is 0. The van der Waals surface area contributed by atoms with Crippen molar-refractivity contribution in [1.82, 2.24) is 4.98 Å². The fraction of sp³-hybridized carbons (Fsp3) is 0. The first-order valence-electron chi connectivity index (χ1n) is 6.30. The number of nitrogens with zero attached hydrogens (tertiary/aromatic N) is 1. The van der Waals surface area contributed by atoms with E-state index in [1.165, 1.54) is 36.5 Å². The molecule has 0 radical (unpaired) electrons. The molecule has 1 N–H and O–H groups in total. The molecule has 0 unspecified atom stereocenters. The van der Waals surface area contributed by atoms with Crippen LogP contribution in [0.2, 0.25) is 0 Å². The van der Waals surface area contributed by atoms with E-state index in [9.17, 15) is 18.7 Å². The molecule has 0 aliphatic heterocycles. The van der Waals surface area contributed by atoms with Crippen LogP contribution in [0, 0.1) is 11.6 Å². The van der Waals surface area contributed by atoms with Gasteiger partial charge in [-0.3, -0.25) is 0 Å². The van der Waals surface area contributed by atoms with Gasteiger partial charge in [0.05, 0.1) is 10.4 Å². The Hall–Kier alpha value is -2.60. The Morgan fingerprint density at radius 3 is 2.50 bits per heavy atom. The topological polar surface area (TPSA) is 50.2 Å². The quantitative estimate of drug-likeness (QED) is 0.776. The van der Waals surface area contributed by atoms with E-state index in [1.54, 1.807) is 12.1 Å². The van der Waals surface area contributed by atoms with Gasteiger partial charge < -0.3 is 5.11 Å². The van der Waals surface area contributed by atoms with Crippen molar-refractivity contribution in [1.29, 1.82) is 0 Å². The third kappa shape index (κ3) is 2.60. The average Bonchev–Trinajstić information content (AvgIpc) is 2.97. The summed E-state index contributed by atoms with van der Waals surface area (Å²) >= 11 is 1.15. The van der Waals surface area contributed by atoms with Gasteiger partial charge >= 0.3 is 5.97 Å². The van der Waals surface area contributed by atoms with Gasteiger partial charge in [0.15, 0.2) is 0 Å². The number of rotatable bonds is 3. The Morgan fingerprint density at radius 2 is 1.82 bits per heavy atom. The van der Waals surface area contributed by atoms with E-state index in [2.05, 4.69) is 4.98 Å². The van der Waals surface area contributed by atoms with Crippen molar-refractivity contribution in [3.8, 4) is 21.0 Å². The van der Waals surface area contributed by atoms with E-state index < -0.39 is 11.8 Å². The molecule has 0 spiro atoms. The minimum absolute atomic E-state index is 0.0147. The summed E-state index contributed by atoms with van der Waals surface area (Å²) in [7, 11) is 0. The third-order valence-electron chi connectivity index (χ3n) is 3.09. The normalized spacial score (nSPS) is 10.6. The number of thiazole rings is 1. The van der Waals surface area contributed by atoms with Crippen molar-refractivity contribution < 1.29 is 18.7 Å². The molecule has 110 valence electrons. The first-order valence-corrected chi connectivity index (χ1v) is 7.12. The molecule has 2 aromatic carbocycles. The lowest BCUT2D eigenvalue weighted by Gasteiger charge is -2.04. The molecule has 3 nitrogen and oxygen atoms in total. The first kappa shape index (κ1) is 14.3. The van der Waals surface area contributed by atoms with Crippen LogP contribution in [0.15, 0.2) is 48.7 Å². The predicted molar refractivity (Wildman–Crippen MR) is 79.9 cm³/mol. The minimum Gasteiger partial charge on any atom is -0.478 e. The smallest absolute Gasteiger partial charge is 0.336 e. The number of carboxylic acids is 1. The van der Waals surface area contributed by atoms with Gasteiger partial charge in [0, 0.05) is 17.3 Å². The Balaban J connectivity index is 2.08. The number of hydrogen-bond donors (Lipinski definition) is 1. The van der Waals surface area contributed by atoms with Gasteiger partial charge in [0.2, 0.25) is 0 Å². The molecule has 6 heteroatoms. The summed E-state index contributed by atoms with van der Waals surface area (Å²) in [4.78, 5) is 15.8. The molecular formula is C16H9F2NO2S. The maximum Gasteiger partial charge on any atom is 0.336 e. The molecule has 1 heterocycles. The maximum atomic E-state index is 14.0. The zero-order chi connectivity index (χ0) is 15.7. The Morgan fingerprint density at radius 1 is 1.09 bits per heavy atom. The van der Waals surface area contributed by atoms with Crippen molar-refractivity contribution in [2.75, 3.05) is 0 Å². The first-order chi connectivity index (χ1) is 10.6. The second-order valence-corrected chi connectivity index (χ2v) is 5.53. The maximum absolute atomic E-state index is 14.0. The lowest BCUT2D eigenvalue weighted by molar-refractivity contribution is 0.0697. The average molecular weight is 317 g/mol. The van der Waals surface area contributed by atoms with Gasteiger partial charge in [-0.25, -0.2) is 18.6 Å². The highest BCUT2D eigenvalue weighted by Crippen LogP contribution is 2.35. The fourth-order valence-corrected chi connectivity index (χ4v) is 3.05. The van der Waals surface area contributed by atoms with Crippen LogP contribution in [0.1, 0.15) is 10.4 Å².